The largest absolute Gasteiger partial charge is 0.334 e. The number of nitrogens with one attached hydrogen (secondary N) is 1. The zero-order valence-electron chi connectivity index (χ0n) is 11.0. The summed E-state index contributed by atoms with van der Waals surface area (Å²) in [6.07, 6.45) is 6.44. The summed E-state index contributed by atoms with van der Waals surface area (Å²) in [6.45, 7) is 2.19. The van der Waals surface area contributed by atoms with E-state index in [1.165, 1.54) is 12.8 Å². The van der Waals surface area contributed by atoms with E-state index in [-0.39, 0.29) is 24.8 Å². The van der Waals surface area contributed by atoms with Gasteiger partial charge in [-0.25, -0.2) is 4.98 Å². The molecule has 1 aromatic carbocycles. The second-order valence-corrected chi connectivity index (χ2v) is 5.13. The molecule has 3 nitrogen and oxygen atoms in total. The Labute approximate surface area is 136 Å². The Morgan fingerprint density at radius 2 is 1.75 bits per heavy atom. The second-order valence-electron chi connectivity index (χ2n) is 4.69. The minimum absolute atomic E-state index is 0. The molecule has 0 radical (unpaired) electrons. The van der Waals surface area contributed by atoms with Crippen LogP contribution in [0.5, 0.6) is 0 Å². The Morgan fingerprint density at radius 1 is 1.10 bits per heavy atom. The topological polar surface area (TPSA) is 29.9 Å². The smallest absolute Gasteiger partial charge is 0.0956 e. The molecular formula is C14H18Cl3N3. The highest BCUT2D eigenvalue weighted by atomic mass is 35.5. The van der Waals surface area contributed by atoms with E-state index in [2.05, 4.69) is 21.1 Å². The van der Waals surface area contributed by atoms with Crippen LogP contribution in [-0.2, 0) is 0 Å². The van der Waals surface area contributed by atoms with Crippen LogP contribution in [0.2, 0.25) is 5.02 Å². The molecular weight excluding hydrogens is 317 g/mol. The van der Waals surface area contributed by atoms with Crippen LogP contribution < -0.4 is 5.32 Å². The molecule has 1 fully saturated rings. The number of rotatable bonds is 2. The quantitative estimate of drug-likeness (QED) is 0.900. The molecule has 110 valence electrons. The molecule has 0 spiro atoms. The van der Waals surface area contributed by atoms with Gasteiger partial charge in [-0.1, -0.05) is 23.7 Å². The second kappa shape index (κ2) is 7.89. The molecule has 1 aromatic heterocycles. The lowest BCUT2D eigenvalue weighted by atomic mass is 10.1. The molecule has 2 aromatic rings. The molecule has 1 N–H and O–H groups in total. The van der Waals surface area contributed by atoms with Gasteiger partial charge in [-0.3, -0.25) is 0 Å². The highest BCUT2D eigenvalue weighted by Crippen LogP contribution is 2.23. The van der Waals surface area contributed by atoms with Gasteiger partial charge in [0.25, 0.3) is 0 Å². The van der Waals surface area contributed by atoms with Crippen LogP contribution in [0.15, 0.2) is 36.8 Å². The molecule has 6 heteroatoms. The molecule has 0 saturated carbocycles. The SMILES string of the molecule is Cl.Cl.Clc1ccc(-c2cn(C3CCNCC3)cn2)cc1. The van der Waals surface area contributed by atoms with Gasteiger partial charge in [-0.15, -0.1) is 24.8 Å². The first-order valence-corrected chi connectivity index (χ1v) is 6.71. The van der Waals surface area contributed by atoms with E-state index in [4.69, 9.17) is 11.6 Å². The molecule has 1 aliphatic heterocycles. The average molecular weight is 335 g/mol. The Bertz CT molecular complexity index is 519. The normalized spacial score (nSPS) is 15.2. The van der Waals surface area contributed by atoms with Gasteiger partial charge in [0.15, 0.2) is 0 Å². The van der Waals surface area contributed by atoms with Crippen molar-refractivity contribution in [3.8, 4) is 11.3 Å². The van der Waals surface area contributed by atoms with Gasteiger partial charge in [0, 0.05) is 22.8 Å². The standard InChI is InChI=1S/C14H16ClN3.2ClH/c15-12-3-1-11(2-4-12)14-9-18(10-17-14)13-5-7-16-8-6-13;;/h1-4,9-10,13,16H,5-8H2;2*1H. The van der Waals surface area contributed by atoms with Crippen molar-refractivity contribution < 1.29 is 0 Å². The third-order valence-electron chi connectivity index (χ3n) is 3.47. The van der Waals surface area contributed by atoms with E-state index >= 15 is 0 Å². The Kier molecular flexibility index (Phi) is 6.83. The van der Waals surface area contributed by atoms with Crippen molar-refractivity contribution in [2.24, 2.45) is 0 Å². The molecule has 20 heavy (non-hydrogen) atoms. The van der Waals surface area contributed by atoms with Crippen LogP contribution in [0, 0.1) is 0 Å². The molecule has 0 amide bonds. The summed E-state index contributed by atoms with van der Waals surface area (Å²) >= 11 is 5.89. The minimum Gasteiger partial charge on any atom is -0.334 e. The number of imidazole rings is 1. The fourth-order valence-electron chi connectivity index (χ4n) is 2.41. The number of aromatic nitrogens is 2. The molecule has 0 atom stereocenters. The first kappa shape index (κ1) is 17.3. The van der Waals surface area contributed by atoms with E-state index in [0.717, 1.165) is 29.4 Å². The maximum Gasteiger partial charge on any atom is 0.0956 e. The summed E-state index contributed by atoms with van der Waals surface area (Å²) in [5, 5.41) is 4.14. The molecule has 0 aliphatic carbocycles. The highest BCUT2D eigenvalue weighted by molar-refractivity contribution is 6.30. The predicted molar refractivity (Wildman–Crippen MR) is 88.3 cm³/mol. The zero-order valence-corrected chi connectivity index (χ0v) is 13.3. The van der Waals surface area contributed by atoms with Crippen molar-refractivity contribution >= 4 is 36.4 Å². The van der Waals surface area contributed by atoms with E-state index in [0.29, 0.717) is 6.04 Å². The summed E-state index contributed by atoms with van der Waals surface area (Å²) in [5.74, 6) is 0. The van der Waals surface area contributed by atoms with Gasteiger partial charge in [-0.2, -0.15) is 0 Å². The van der Waals surface area contributed by atoms with Gasteiger partial charge in [0.2, 0.25) is 0 Å². The summed E-state index contributed by atoms with van der Waals surface area (Å²) in [6, 6.07) is 8.41. The van der Waals surface area contributed by atoms with Crippen LogP contribution >= 0.6 is 36.4 Å². The summed E-state index contributed by atoms with van der Waals surface area (Å²) in [7, 11) is 0. The predicted octanol–water partition coefficient (Wildman–Crippen LogP) is 3.97. The number of nitrogens with zero attached hydrogens (tertiary/aromatic N) is 2. The van der Waals surface area contributed by atoms with Gasteiger partial charge < -0.3 is 9.88 Å². The number of halogens is 3. The Hall–Kier alpha value is -0.740. The van der Waals surface area contributed by atoms with Crippen molar-refractivity contribution in [3.05, 3.63) is 41.8 Å². The van der Waals surface area contributed by atoms with Crippen LogP contribution in [0.4, 0.5) is 0 Å². The monoisotopic (exact) mass is 333 g/mol. The molecule has 0 bridgehead atoms. The fraction of sp³-hybridized carbons (Fsp3) is 0.357. The molecule has 1 aliphatic rings. The lowest BCUT2D eigenvalue weighted by molar-refractivity contribution is 0.368. The Balaban J connectivity index is 0.000001000. The first-order chi connectivity index (χ1) is 8.83. The lowest BCUT2D eigenvalue weighted by Crippen LogP contribution is -2.28. The van der Waals surface area contributed by atoms with E-state index < -0.39 is 0 Å². The zero-order chi connectivity index (χ0) is 12.4. The van der Waals surface area contributed by atoms with Crippen molar-refractivity contribution in [1.29, 1.82) is 0 Å². The van der Waals surface area contributed by atoms with Gasteiger partial charge in [-0.05, 0) is 38.1 Å². The molecule has 0 unspecified atom stereocenters. The number of hydrogen-bond donors (Lipinski definition) is 1. The number of benzene rings is 1. The summed E-state index contributed by atoms with van der Waals surface area (Å²) < 4.78 is 2.24. The maximum atomic E-state index is 5.89. The van der Waals surface area contributed by atoms with Gasteiger partial charge in [0.1, 0.15) is 0 Å². The molecule has 2 heterocycles. The van der Waals surface area contributed by atoms with Gasteiger partial charge >= 0.3 is 0 Å². The van der Waals surface area contributed by atoms with Crippen LogP contribution in [0.3, 0.4) is 0 Å². The lowest BCUT2D eigenvalue weighted by Gasteiger charge is -2.23. The maximum absolute atomic E-state index is 5.89. The highest BCUT2D eigenvalue weighted by Gasteiger charge is 2.15. The van der Waals surface area contributed by atoms with Gasteiger partial charge in [0.05, 0.1) is 12.0 Å². The van der Waals surface area contributed by atoms with Crippen molar-refractivity contribution in [2.75, 3.05) is 13.1 Å². The van der Waals surface area contributed by atoms with Crippen molar-refractivity contribution in [2.45, 2.75) is 18.9 Å². The summed E-state index contributed by atoms with van der Waals surface area (Å²) in [4.78, 5) is 4.49. The van der Waals surface area contributed by atoms with Crippen molar-refractivity contribution in [3.63, 3.8) is 0 Å². The Morgan fingerprint density at radius 3 is 2.40 bits per heavy atom. The average Bonchev–Trinajstić information content (AvgIpc) is 2.90. The van der Waals surface area contributed by atoms with Crippen LogP contribution in [0.1, 0.15) is 18.9 Å². The van der Waals surface area contributed by atoms with E-state index in [1.807, 2.05) is 30.6 Å². The minimum atomic E-state index is 0. The molecule has 3 rings (SSSR count). The van der Waals surface area contributed by atoms with Crippen molar-refractivity contribution in [1.82, 2.24) is 14.9 Å². The summed E-state index contributed by atoms with van der Waals surface area (Å²) in [5.41, 5.74) is 2.14. The molecule has 1 saturated heterocycles. The third kappa shape index (κ3) is 3.89. The number of piperidine rings is 1. The fourth-order valence-corrected chi connectivity index (χ4v) is 2.54. The third-order valence-corrected chi connectivity index (χ3v) is 3.72. The van der Waals surface area contributed by atoms with Crippen LogP contribution in [0.25, 0.3) is 11.3 Å². The van der Waals surface area contributed by atoms with E-state index in [9.17, 15) is 0 Å². The number of hydrogen-bond acceptors (Lipinski definition) is 2. The first-order valence-electron chi connectivity index (χ1n) is 6.33. The van der Waals surface area contributed by atoms with Crippen LogP contribution in [-0.4, -0.2) is 22.6 Å². The van der Waals surface area contributed by atoms with E-state index in [1.54, 1.807) is 0 Å².